The smallest absolute Gasteiger partial charge is 0.164 e. The van der Waals surface area contributed by atoms with E-state index in [-0.39, 0.29) is 0 Å². The van der Waals surface area contributed by atoms with E-state index in [1.165, 1.54) is 48.7 Å². The van der Waals surface area contributed by atoms with Crippen LogP contribution in [0, 0.1) is 0 Å². The highest BCUT2D eigenvalue weighted by atomic mass is 16.3. The van der Waals surface area contributed by atoms with Crippen LogP contribution in [0.3, 0.4) is 0 Å². The molecule has 11 aromatic carbocycles. The minimum Gasteiger partial charge on any atom is -0.456 e. The first-order chi connectivity index (χ1) is 34.2. The van der Waals surface area contributed by atoms with Gasteiger partial charge in [0.2, 0.25) is 0 Å². The number of para-hydroxylation sites is 3. The van der Waals surface area contributed by atoms with Crippen molar-refractivity contribution in [1.82, 2.24) is 19.5 Å². The molecule has 320 valence electrons. The molecule has 0 N–H and O–H groups in total. The van der Waals surface area contributed by atoms with Crippen LogP contribution in [-0.4, -0.2) is 19.5 Å². The Hall–Kier alpha value is -9.39. The lowest BCUT2D eigenvalue weighted by molar-refractivity contribution is 0.668. The zero-order valence-corrected chi connectivity index (χ0v) is 36.9. The summed E-state index contributed by atoms with van der Waals surface area (Å²) in [6.45, 7) is 0. The Bertz CT molecular complexity index is 4580. The van der Waals surface area contributed by atoms with Gasteiger partial charge >= 0.3 is 0 Å². The van der Waals surface area contributed by atoms with E-state index in [2.05, 4.69) is 199 Å². The highest BCUT2D eigenvalue weighted by Gasteiger charge is 2.19. The third kappa shape index (κ3) is 5.82. The number of hydrogen-bond acceptors (Lipinski definition) is 5. The highest BCUT2D eigenvalue weighted by molar-refractivity contribution is 6.25. The summed E-state index contributed by atoms with van der Waals surface area (Å²) in [4.78, 5) is 15.6. The fourth-order valence-corrected chi connectivity index (χ4v) is 10.8. The van der Waals surface area contributed by atoms with Crippen LogP contribution in [-0.2, 0) is 0 Å². The van der Waals surface area contributed by atoms with Gasteiger partial charge in [-0.15, -0.1) is 0 Å². The van der Waals surface area contributed by atoms with Gasteiger partial charge in [-0.1, -0.05) is 146 Å². The highest BCUT2D eigenvalue weighted by Crippen LogP contribution is 2.41. The topological polar surface area (TPSA) is 69.9 Å². The van der Waals surface area contributed by atoms with Gasteiger partial charge in [-0.2, -0.15) is 0 Å². The first-order valence-corrected chi connectivity index (χ1v) is 23.2. The van der Waals surface area contributed by atoms with Gasteiger partial charge in [-0.05, 0) is 116 Å². The van der Waals surface area contributed by atoms with Gasteiger partial charge in [-0.25, -0.2) is 15.0 Å². The van der Waals surface area contributed by atoms with Gasteiger partial charge in [-0.3, -0.25) is 0 Å². The van der Waals surface area contributed by atoms with E-state index in [0.29, 0.717) is 17.5 Å². The van der Waals surface area contributed by atoms with Gasteiger partial charge in [0, 0.05) is 54.7 Å². The number of hydrogen-bond donors (Lipinski definition) is 0. The molecular weight excluding hydrogens is 845 g/mol. The molecule has 15 rings (SSSR count). The SMILES string of the molecule is c1ccc(-n2c3ccccc3c3ccc(-c4ccc5oc6cc(-c7nc(-c8ccc9c(c8)oc8ccccc89)nc(-c8ccc9c%10ccccc%10c%10ccccc%10c9c8)n7)ccc6c5c4)cc32)cc1. The fourth-order valence-electron chi connectivity index (χ4n) is 10.8. The molecule has 0 aliphatic carbocycles. The molecule has 69 heavy (non-hydrogen) atoms. The molecule has 0 aliphatic rings. The molecule has 0 saturated carbocycles. The van der Waals surface area contributed by atoms with Crippen LogP contribution in [0.15, 0.2) is 227 Å². The summed E-state index contributed by atoms with van der Waals surface area (Å²) < 4.78 is 15.3. The summed E-state index contributed by atoms with van der Waals surface area (Å²) in [7, 11) is 0. The Balaban J connectivity index is 0.878. The molecule has 0 aliphatic heterocycles. The van der Waals surface area contributed by atoms with E-state index in [1.807, 2.05) is 24.3 Å². The maximum atomic E-state index is 6.64. The van der Waals surface area contributed by atoms with Gasteiger partial charge < -0.3 is 13.4 Å². The van der Waals surface area contributed by atoms with Crippen molar-refractivity contribution < 1.29 is 8.83 Å². The first-order valence-electron chi connectivity index (χ1n) is 23.2. The van der Waals surface area contributed by atoms with Crippen LogP contribution in [0.1, 0.15) is 0 Å². The van der Waals surface area contributed by atoms with Crippen molar-refractivity contribution in [2.75, 3.05) is 0 Å². The number of fused-ring (bicyclic) bond motifs is 15. The first kappa shape index (κ1) is 37.8. The average molecular weight is 881 g/mol. The lowest BCUT2D eigenvalue weighted by Crippen LogP contribution is -2.00. The standard InChI is InChI=1S/C63H36N4O2/c1-2-12-42(13-3-1)67-55-20-10-8-18-48(55)49-28-22-38(34-56(49)67)37-26-31-58-54(32-37)52-30-25-41(36-60(52)69-58)63-65-61(64-62(66-63)40-24-29-51-50-19-9-11-21-57(50)68-59(51)35-40)39-23-27-47-45-16-5-4-14-43(45)44-15-6-7-17-46(44)53(47)33-39/h1-36H. The second kappa shape index (κ2) is 14.6. The molecule has 0 bridgehead atoms. The third-order valence-corrected chi connectivity index (χ3v) is 14.0. The molecule has 0 spiro atoms. The summed E-state index contributed by atoms with van der Waals surface area (Å²) in [6, 6.07) is 77.0. The van der Waals surface area contributed by atoms with Crippen molar-refractivity contribution in [3.05, 3.63) is 218 Å². The van der Waals surface area contributed by atoms with Crippen molar-refractivity contribution in [1.29, 1.82) is 0 Å². The van der Waals surface area contributed by atoms with Crippen LogP contribution in [0.5, 0.6) is 0 Å². The molecule has 0 fully saturated rings. The van der Waals surface area contributed by atoms with Gasteiger partial charge in [0.15, 0.2) is 17.5 Å². The minimum absolute atomic E-state index is 0.549. The van der Waals surface area contributed by atoms with Gasteiger partial charge in [0.1, 0.15) is 22.3 Å². The Kier molecular flexibility index (Phi) is 7.97. The second-order valence-electron chi connectivity index (χ2n) is 17.9. The lowest BCUT2D eigenvalue weighted by atomic mass is 9.93. The van der Waals surface area contributed by atoms with Gasteiger partial charge in [0.05, 0.1) is 11.0 Å². The van der Waals surface area contributed by atoms with Crippen molar-refractivity contribution >= 4 is 98.0 Å². The molecule has 4 heterocycles. The van der Waals surface area contributed by atoms with Crippen LogP contribution in [0.25, 0.3) is 149 Å². The molecular formula is C63H36N4O2. The molecule has 0 unspecified atom stereocenters. The van der Waals surface area contributed by atoms with E-state index in [9.17, 15) is 0 Å². The minimum atomic E-state index is 0.549. The molecule has 0 atom stereocenters. The predicted octanol–water partition coefficient (Wildman–Crippen LogP) is 16.9. The molecule has 0 saturated heterocycles. The van der Waals surface area contributed by atoms with E-state index < -0.39 is 0 Å². The molecule has 0 amide bonds. The van der Waals surface area contributed by atoms with E-state index >= 15 is 0 Å². The summed E-state index contributed by atoms with van der Waals surface area (Å²) in [5.74, 6) is 1.68. The molecule has 15 aromatic rings. The zero-order chi connectivity index (χ0) is 45.2. The van der Waals surface area contributed by atoms with Crippen molar-refractivity contribution in [3.8, 4) is 51.0 Å². The van der Waals surface area contributed by atoms with Crippen LogP contribution >= 0.6 is 0 Å². The summed E-state index contributed by atoms with van der Waals surface area (Å²) >= 11 is 0. The van der Waals surface area contributed by atoms with E-state index in [0.717, 1.165) is 82.8 Å². The molecule has 6 heteroatoms. The van der Waals surface area contributed by atoms with E-state index in [1.54, 1.807) is 0 Å². The quantitative estimate of drug-likeness (QED) is 0.161. The Morgan fingerprint density at radius 1 is 0.246 bits per heavy atom. The van der Waals surface area contributed by atoms with Crippen LogP contribution < -0.4 is 0 Å². The van der Waals surface area contributed by atoms with E-state index in [4.69, 9.17) is 23.8 Å². The second-order valence-corrected chi connectivity index (χ2v) is 17.9. The third-order valence-electron chi connectivity index (χ3n) is 14.0. The number of aromatic nitrogens is 4. The summed E-state index contributed by atoms with van der Waals surface area (Å²) in [6.07, 6.45) is 0. The average Bonchev–Trinajstić information content (AvgIpc) is 4.09. The summed E-state index contributed by atoms with van der Waals surface area (Å²) in [5, 5.41) is 13.8. The van der Waals surface area contributed by atoms with Crippen molar-refractivity contribution in [3.63, 3.8) is 0 Å². The number of rotatable bonds is 5. The normalized spacial score (nSPS) is 12.1. The van der Waals surface area contributed by atoms with Crippen LogP contribution in [0.4, 0.5) is 0 Å². The number of nitrogens with zero attached hydrogens (tertiary/aromatic N) is 4. The zero-order valence-electron chi connectivity index (χ0n) is 36.9. The maximum Gasteiger partial charge on any atom is 0.164 e. The number of furan rings is 2. The van der Waals surface area contributed by atoms with Crippen molar-refractivity contribution in [2.45, 2.75) is 0 Å². The Morgan fingerprint density at radius 3 is 1.32 bits per heavy atom. The Labute approximate surface area is 394 Å². The summed E-state index contributed by atoms with van der Waals surface area (Å²) in [5.41, 5.74) is 11.5. The predicted molar refractivity (Wildman–Crippen MR) is 283 cm³/mol. The van der Waals surface area contributed by atoms with Crippen LogP contribution in [0.2, 0.25) is 0 Å². The fraction of sp³-hybridized carbons (Fsp3) is 0. The molecule has 6 nitrogen and oxygen atoms in total. The molecule has 4 aromatic heterocycles. The Morgan fingerprint density at radius 2 is 0.652 bits per heavy atom. The number of benzene rings is 11. The monoisotopic (exact) mass is 880 g/mol. The van der Waals surface area contributed by atoms with Gasteiger partial charge in [0.25, 0.3) is 0 Å². The van der Waals surface area contributed by atoms with Crippen molar-refractivity contribution in [2.24, 2.45) is 0 Å². The largest absolute Gasteiger partial charge is 0.456 e. The lowest BCUT2D eigenvalue weighted by Gasteiger charge is -2.12. The molecule has 0 radical (unpaired) electrons. The maximum absolute atomic E-state index is 6.64.